The first kappa shape index (κ1) is 14.1. The van der Waals surface area contributed by atoms with Crippen molar-refractivity contribution in [3.05, 3.63) is 24.2 Å². The Morgan fingerprint density at radius 2 is 2.05 bits per heavy atom. The molecule has 1 aromatic rings. The van der Waals surface area contributed by atoms with Gasteiger partial charge in [0.05, 0.1) is 18.7 Å². The van der Waals surface area contributed by atoms with Crippen molar-refractivity contribution in [3.8, 4) is 0 Å². The van der Waals surface area contributed by atoms with Gasteiger partial charge in [-0.3, -0.25) is 9.69 Å². The van der Waals surface area contributed by atoms with Crippen LogP contribution < -0.4 is 5.73 Å². The van der Waals surface area contributed by atoms with E-state index in [1.54, 1.807) is 6.26 Å². The number of carbonyl (C=O) groups excluding carboxylic acids is 1. The monoisotopic (exact) mass is 265 g/mol. The van der Waals surface area contributed by atoms with Crippen LogP contribution in [0.2, 0.25) is 0 Å². The van der Waals surface area contributed by atoms with Crippen molar-refractivity contribution >= 4 is 5.91 Å². The minimum Gasteiger partial charge on any atom is -0.468 e. The van der Waals surface area contributed by atoms with E-state index in [1.807, 2.05) is 30.9 Å². The van der Waals surface area contributed by atoms with Crippen molar-refractivity contribution < 1.29 is 9.21 Å². The molecule has 2 heterocycles. The van der Waals surface area contributed by atoms with Gasteiger partial charge in [0.25, 0.3) is 0 Å². The standard InChI is InChI=1S/C14H23N3O2/c1-11(12(2)15)14(18)17-7-5-16(6-8-17)10-13-4-3-9-19-13/h3-4,9,11-12H,5-8,10,15H2,1-2H3. The van der Waals surface area contributed by atoms with Gasteiger partial charge in [-0.2, -0.15) is 0 Å². The first-order valence-electron chi connectivity index (χ1n) is 6.87. The number of rotatable bonds is 4. The quantitative estimate of drug-likeness (QED) is 0.879. The fraction of sp³-hybridized carbons (Fsp3) is 0.643. The van der Waals surface area contributed by atoms with Gasteiger partial charge in [-0.15, -0.1) is 0 Å². The van der Waals surface area contributed by atoms with Crippen LogP contribution in [0.5, 0.6) is 0 Å². The Kier molecular flexibility index (Phi) is 4.61. The summed E-state index contributed by atoms with van der Waals surface area (Å²) in [5, 5.41) is 0. The van der Waals surface area contributed by atoms with Crippen LogP contribution in [0, 0.1) is 5.92 Å². The molecule has 0 saturated carbocycles. The third kappa shape index (κ3) is 3.58. The van der Waals surface area contributed by atoms with Gasteiger partial charge in [0.1, 0.15) is 5.76 Å². The Morgan fingerprint density at radius 1 is 1.37 bits per heavy atom. The van der Waals surface area contributed by atoms with Crippen LogP contribution in [-0.4, -0.2) is 47.9 Å². The number of hydrogen-bond acceptors (Lipinski definition) is 4. The van der Waals surface area contributed by atoms with Crippen LogP contribution in [0.3, 0.4) is 0 Å². The maximum Gasteiger partial charge on any atom is 0.227 e. The van der Waals surface area contributed by atoms with Gasteiger partial charge in [-0.25, -0.2) is 0 Å². The molecule has 106 valence electrons. The first-order chi connectivity index (χ1) is 9.08. The third-order valence-electron chi connectivity index (χ3n) is 3.82. The molecule has 2 N–H and O–H groups in total. The molecule has 0 radical (unpaired) electrons. The fourth-order valence-electron chi connectivity index (χ4n) is 2.26. The molecule has 1 fully saturated rings. The van der Waals surface area contributed by atoms with Crippen LogP contribution >= 0.6 is 0 Å². The van der Waals surface area contributed by atoms with E-state index in [0.29, 0.717) is 0 Å². The summed E-state index contributed by atoms with van der Waals surface area (Å²) in [4.78, 5) is 16.4. The highest BCUT2D eigenvalue weighted by atomic mass is 16.3. The topological polar surface area (TPSA) is 62.7 Å². The van der Waals surface area contributed by atoms with Crippen molar-refractivity contribution in [2.24, 2.45) is 11.7 Å². The highest BCUT2D eigenvalue weighted by Crippen LogP contribution is 2.12. The second-order valence-corrected chi connectivity index (χ2v) is 5.33. The summed E-state index contributed by atoms with van der Waals surface area (Å²) >= 11 is 0. The van der Waals surface area contributed by atoms with E-state index < -0.39 is 0 Å². The number of amides is 1. The summed E-state index contributed by atoms with van der Waals surface area (Å²) in [5.74, 6) is 1.05. The molecule has 0 spiro atoms. The van der Waals surface area contributed by atoms with Crippen LogP contribution in [0.1, 0.15) is 19.6 Å². The second kappa shape index (κ2) is 6.21. The van der Waals surface area contributed by atoms with Crippen LogP contribution in [0.4, 0.5) is 0 Å². The lowest BCUT2D eigenvalue weighted by Gasteiger charge is -2.36. The normalized spacial score (nSPS) is 20.3. The lowest BCUT2D eigenvalue weighted by Crippen LogP contribution is -2.51. The molecule has 2 atom stereocenters. The lowest BCUT2D eigenvalue weighted by atomic mass is 10.0. The summed E-state index contributed by atoms with van der Waals surface area (Å²) in [6.45, 7) is 7.93. The molecule has 1 aliphatic rings. The second-order valence-electron chi connectivity index (χ2n) is 5.33. The SMILES string of the molecule is CC(N)C(C)C(=O)N1CCN(Cc2ccco2)CC1. The molecule has 0 aromatic carbocycles. The number of furan rings is 1. The molecule has 2 rings (SSSR count). The van der Waals surface area contributed by atoms with Crippen molar-refractivity contribution in [1.29, 1.82) is 0 Å². The van der Waals surface area contributed by atoms with E-state index in [-0.39, 0.29) is 17.9 Å². The smallest absolute Gasteiger partial charge is 0.227 e. The molecule has 19 heavy (non-hydrogen) atoms. The number of piperazine rings is 1. The highest BCUT2D eigenvalue weighted by molar-refractivity contribution is 5.79. The number of carbonyl (C=O) groups is 1. The Morgan fingerprint density at radius 3 is 2.58 bits per heavy atom. The molecule has 0 bridgehead atoms. The molecule has 1 aromatic heterocycles. The minimum absolute atomic E-state index is 0.0892. The maximum absolute atomic E-state index is 12.2. The molecule has 1 saturated heterocycles. The van der Waals surface area contributed by atoms with Gasteiger partial charge >= 0.3 is 0 Å². The first-order valence-corrected chi connectivity index (χ1v) is 6.87. The summed E-state index contributed by atoms with van der Waals surface area (Å²) < 4.78 is 5.34. The van der Waals surface area contributed by atoms with Gasteiger partial charge in [0.15, 0.2) is 0 Å². The predicted molar refractivity (Wildman–Crippen MR) is 73.4 cm³/mol. The molecular weight excluding hydrogens is 242 g/mol. The largest absolute Gasteiger partial charge is 0.468 e. The van der Waals surface area contributed by atoms with Crippen LogP contribution in [-0.2, 0) is 11.3 Å². The number of nitrogens with two attached hydrogens (primary N) is 1. The van der Waals surface area contributed by atoms with E-state index in [0.717, 1.165) is 38.5 Å². The van der Waals surface area contributed by atoms with Gasteiger partial charge in [0, 0.05) is 32.2 Å². The molecule has 1 amide bonds. The van der Waals surface area contributed by atoms with Crippen molar-refractivity contribution in [2.75, 3.05) is 26.2 Å². The summed E-state index contributed by atoms with van der Waals surface area (Å²) in [5.41, 5.74) is 5.79. The average Bonchev–Trinajstić information content (AvgIpc) is 2.90. The summed E-state index contributed by atoms with van der Waals surface area (Å²) in [6, 6.07) is 3.79. The Bertz CT molecular complexity index is 395. The zero-order valence-corrected chi connectivity index (χ0v) is 11.7. The van der Waals surface area contributed by atoms with E-state index in [4.69, 9.17) is 10.2 Å². The predicted octanol–water partition coefficient (Wildman–Crippen LogP) is 0.907. The van der Waals surface area contributed by atoms with E-state index >= 15 is 0 Å². The molecule has 2 unspecified atom stereocenters. The number of hydrogen-bond donors (Lipinski definition) is 1. The Balaban J connectivity index is 1.80. The van der Waals surface area contributed by atoms with Crippen LogP contribution in [0.15, 0.2) is 22.8 Å². The lowest BCUT2D eigenvalue weighted by molar-refractivity contribution is -0.137. The average molecular weight is 265 g/mol. The van der Waals surface area contributed by atoms with Gasteiger partial charge < -0.3 is 15.1 Å². The van der Waals surface area contributed by atoms with E-state index in [1.165, 1.54) is 0 Å². The zero-order chi connectivity index (χ0) is 13.8. The highest BCUT2D eigenvalue weighted by Gasteiger charge is 2.26. The Labute approximate surface area is 114 Å². The molecule has 1 aliphatic heterocycles. The van der Waals surface area contributed by atoms with E-state index in [9.17, 15) is 4.79 Å². The van der Waals surface area contributed by atoms with Gasteiger partial charge in [-0.05, 0) is 19.1 Å². The summed E-state index contributed by atoms with van der Waals surface area (Å²) in [7, 11) is 0. The molecular formula is C14H23N3O2. The van der Waals surface area contributed by atoms with Crippen molar-refractivity contribution in [3.63, 3.8) is 0 Å². The van der Waals surface area contributed by atoms with Gasteiger partial charge in [0.2, 0.25) is 5.91 Å². The van der Waals surface area contributed by atoms with E-state index in [2.05, 4.69) is 4.90 Å². The molecule has 0 aliphatic carbocycles. The maximum atomic E-state index is 12.2. The number of nitrogens with zero attached hydrogens (tertiary/aromatic N) is 2. The van der Waals surface area contributed by atoms with Crippen molar-refractivity contribution in [2.45, 2.75) is 26.4 Å². The third-order valence-corrected chi connectivity index (χ3v) is 3.82. The molecule has 5 heteroatoms. The molecule has 5 nitrogen and oxygen atoms in total. The Hall–Kier alpha value is -1.33. The van der Waals surface area contributed by atoms with Gasteiger partial charge in [-0.1, -0.05) is 6.92 Å². The van der Waals surface area contributed by atoms with Crippen molar-refractivity contribution in [1.82, 2.24) is 9.80 Å². The minimum atomic E-state index is -0.100. The van der Waals surface area contributed by atoms with Crippen LogP contribution in [0.25, 0.3) is 0 Å². The fourth-order valence-corrected chi connectivity index (χ4v) is 2.26. The zero-order valence-electron chi connectivity index (χ0n) is 11.7. The summed E-state index contributed by atoms with van der Waals surface area (Å²) in [6.07, 6.45) is 1.69.